The van der Waals surface area contributed by atoms with Crippen LogP contribution in [0.2, 0.25) is 10.0 Å². The molecule has 2 aromatic heterocycles. The Hall–Kier alpha value is -3.13. The average molecular weight is 554 g/mol. The van der Waals surface area contributed by atoms with E-state index in [2.05, 4.69) is 44.1 Å². The topological polar surface area (TPSA) is 66.3 Å². The maximum absolute atomic E-state index is 13.2. The Bertz CT molecular complexity index is 1430. The fourth-order valence-electron chi connectivity index (χ4n) is 4.67. The first-order valence-electron chi connectivity index (χ1n) is 13.1. The van der Waals surface area contributed by atoms with Crippen LogP contribution in [-0.4, -0.2) is 52.2 Å². The highest BCUT2D eigenvalue weighted by Crippen LogP contribution is 2.33. The van der Waals surface area contributed by atoms with Gasteiger partial charge < -0.3 is 10.2 Å². The Morgan fingerprint density at radius 1 is 0.974 bits per heavy atom. The van der Waals surface area contributed by atoms with Crippen LogP contribution in [0.25, 0.3) is 22.2 Å². The summed E-state index contributed by atoms with van der Waals surface area (Å²) in [4.78, 5) is 27.2. The molecule has 0 spiro atoms. The summed E-state index contributed by atoms with van der Waals surface area (Å²) in [5, 5.41) is 4.81. The van der Waals surface area contributed by atoms with E-state index in [-0.39, 0.29) is 5.56 Å². The molecule has 5 rings (SSSR count). The van der Waals surface area contributed by atoms with Gasteiger partial charge in [-0.2, -0.15) is 4.98 Å². The number of halogens is 2. The van der Waals surface area contributed by atoms with E-state index in [1.807, 2.05) is 26.0 Å². The predicted octanol–water partition coefficient (Wildman–Crippen LogP) is 6.60. The molecule has 3 heterocycles. The fraction of sp³-hybridized carbons (Fsp3) is 0.345. The molecule has 2 aromatic carbocycles. The molecular weight excluding hydrogens is 519 g/mol. The molecule has 0 bridgehead atoms. The maximum atomic E-state index is 13.2. The summed E-state index contributed by atoms with van der Waals surface area (Å²) in [5.41, 5.74) is 3.31. The van der Waals surface area contributed by atoms with Crippen LogP contribution in [0.3, 0.4) is 0 Å². The summed E-state index contributed by atoms with van der Waals surface area (Å²) >= 11 is 12.7. The third-order valence-electron chi connectivity index (χ3n) is 6.58. The Balaban J connectivity index is 0.00000164. The van der Waals surface area contributed by atoms with Crippen molar-refractivity contribution >= 4 is 51.6 Å². The molecule has 0 aliphatic carbocycles. The first-order chi connectivity index (χ1) is 18.4. The number of benzene rings is 2. The van der Waals surface area contributed by atoms with Crippen molar-refractivity contribution < 1.29 is 0 Å². The molecule has 1 N–H and O–H groups in total. The molecule has 7 nitrogen and oxygen atoms in total. The van der Waals surface area contributed by atoms with Crippen LogP contribution < -0.4 is 15.8 Å². The third-order valence-corrected chi connectivity index (χ3v) is 7.21. The number of anilines is 3. The molecule has 38 heavy (non-hydrogen) atoms. The van der Waals surface area contributed by atoms with Crippen molar-refractivity contribution in [2.75, 3.05) is 42.9 Å². The minimum atomic E-state index is -0.231. The van der Waals surface area contributed by atoms with Gasteiger partial charge in [-0.1, -0.05) is 50.0 Å². The predicted molar refractivity (Wildman–Crippen MR) is 160 cm³/mol. The smallest absolute Gasteiger partial charge is 0.259 e. The van der Waals surface area contributed by atoms with E-state index in [0.717, 1.165) is 31.9 Å². The van der Waals surface area contributed by atoms with Gasteiger partial charge in [-0.25, -0.2) is 4.98 Å². The van der Waals surface area contributed by atoms with Crippen molar-refractivity contribution in [3.8, 4) is 11.1 Å². The zero-order valence-electron chi connectivity index (χ0n) is 22.3. The zero-order valence-corrected chi connectivity index (χ0v) is 23.9. The summed E-state index contributed by atoms with van der Waals surface area (Å²) < 4.78 is 1.50. The van der Waals surface area contributed by atoms with Crippen molar-refractivity contribution in [1.29, 1.82) is 0 Å². The lowest BCUT2D eigenvalue weighted by atomic mass is 10.1. The van der Waals surface area contributed by atoms with E-state index in [1.165, 1.54) is 23.2 Å². The standard InChI is InChI=1S/C27H28Cl2N6O.C2H6/c1-3-11-34-12-14-35(15-13-34)20-9-7-19(8-10-20)31-27-30-17-18-16-21(26(36)33(2)25(18)32-27)24-22(28)5-4-6-23(24)29;1-2/h4-10,16-17H,3,11-15H2,1-2H3,(H,30,31,32);1-2H3. The van der Waals surface area contributed by atoms with Gasteiger partial charge in [0.05, 0.1) is 15.6 Å². The van der Waals surface area contributed by atoms with Crippen LogP contribution in [0, 0.1) is 0 Å². The van der Waals surface area contributed by atoms with Gasteiger partial charge in [-0.05, 0) is 55.4 Å². The summed E-state index contributed by atoms with van der Waals surface area (Å²) in [6.45, 7) is 11.7. The minimum Gasteiger partial charge on any atom is -0.369 e. The Kier molecular flexibility index (Phi) is 9.26. The molecule has 4 aromatic rings. The van der Waals surface area contributed by atoms with Gasteiger partial charge in [-0.15, -0.1) is 0 Å². The molecule has 1 saturated heterocycles. The fourth-order valence-corrected chi connectivity index (χ4v) is 5.27. The van der Waals surface area contributed by atoms with E-state index in [0.29, 0.717) is 38.2 Å². The summed E-state index contributed by atoms with van der Waals surface area (Å²) in [6.07, 6.45) is 2.89. The van der Waals surface area contributed by atoms with Crippen LogP contribution in [0.4, 0.5) is 17.3 Å². The number of fused-ring (bicyclic) bond motifs is 1. The van der Waals surface area contributed by atoms with Gasteiger partial charge in [0.1, 0.15) is 5.65 Å². The van der Waals surface area contributed by atoms with Crippen LogP contribution in [0.1, 0.15) is 27.2 Å². The lowest BCUT2D eigenvalue weighted by molar-refractivity contribution is 0.258. The van der Waals surface area contributed by atoms with E-state index in [4.69, 9.17) is 23.2 Å². The summed E-state index contributed by atoms with van der Waals surface area (Å²) in [6, 6.07) is 15.2. The lowest BCUT2D eigenvalue weighted by Crippen LogP contribution is -2.46. The second-order valence-electron chi connectivity index (χ2n) is 8.99. The van der Waals surface area contributed by atoms with Crippen molar-refractivity contribution in [1.82, 2.24) is 19.4 Å². The molecule has 0 radical (unpaired) electrons. The van der Waals surface area contributed by atoms with E-state index in [9.17, 15) is 4.79 Å². The van der Waals surface area contributed by atoms with E-state index >= 15 is 0 Å². The molecule has 0 amide bonds. The monoisotopic (exact) mass is 552 g/mol. The minimum absolute atomic E-state index is 0.231. The van der Waals surface area contributed by atoms with Gasteiger partial charge >= 0.3 is 0 Å². The molecule has 9 heteroatoms. The highest BCUT2D eigenvalue weighted by molar-refractivity contribution is 6.39. The van der Waals surface area contributed by atoms with Gasteiger partial charge in [-0.3, -0.25) is 14.3 Å². The second-order valence-corrected chi connectivity index (χ2v) is 9.81. The summed E-state index contributed by atoms with van der Waals surface area (Å²) in [7, 11) is 1.69. The number of nitrogens with one attached hydrogen (secondary N) is 1. The molecule has 1 aliphatic heterocycles. The molecule has 200 valence electrons. The number of pyridine rings is 1. The molecule has 0 atom stereocenters. The molecular formula is C29H34Cl2N6O. The van der Waals surface area contributed by atoms with Gasteiger partial charge in [0, 0.05) is 61.7 Å². The number of hydrogen-bond acceptors (Lipinski definition) is 6. The highest BCUT2D eigenvalue weighted by atomic mass is 35.5. The first kappa shape index (κ1) is 27.9. The van der Waals surface area contributed by atoms with Crippen LogP contribution >= 0.6 is 23.2 Å². The quantitative estimate of drug-likeness (QED) is 0.290. The Morgan fingerprint density at radius 2 is 1.63 bits per heavy atom. The van der Waals surface area contributed by atoms with Crippen LogP contribution in [0.5, 0.6) is 0 Å². The highest BCUT2D eigenvalue weighted by Gasteiger charge is 2.18. The molecule has 1 fully saturated rings. The molecule has 0 unspecified atom stereocenters. The normalized spacial score (nSPS) is 13.8. The van der Waals surface area contributed by atoms with Crippen molar-refractivity contribution in [3.63, 3.8) is 0 Å². The van der Waals surface area contributed by atoms with Crippen molar-refractivity contribution in [2.45, 2.75) is 27.2 Å². The zero-order chi connectivity index (χ0) is 27.2. The number of rotatable bonds is 6. The van der Waals surface area contributed by atoms with E-state index in [1.54, 1.807) is 37.5 Å². The number of hydrogen-bond donors (Lipinski definition) is 1. The van der Waals surface area contributed by atoms with E-state index < -0.39 is 0 Å². The Labute approximate surface area is 234 Å². The third kappa shape index (κ3) is 5.96. The number of aromatic nitrogens is 3. The summed E-state index contributed by atoms with van der Waals surface area (Å²) in [5.74, 6) is 0.418. The van der Waals surface area contributed by atoms with Gasteiger partial charge in [0.15, 0.2) is 0 Å². The van der Waals surface area contributed by atoms with Gasteiger partial charge in [0.25, 0.3) is 5.56 Å². The lowest BCUT2D eigenvalue weighted by Gasteiger charge is -2.36. The molecule has 0 saturated carbocycles. The molecule has 1 aliphatic rings. The van der Waals surface area contributed by atoms with Crippen LogP contribution in [0.15, 0.2) is 59.5 Å². The second kappa shape index (κ2) is 12.6. The number of piperazine rings is 1. The SMILES string of the molecule is CC.CCCN1CCN(c2ccc(Nc3ncc4cc(-c5c(Cl)cccc5Cl)c(=O)n(C)c4n3)cc2)CC1. The van der Waals surface area contributed by atoms with Crippen LogP contribution in [-0.2, 0) is 7.05 Å². The van der Waals surface area contributed by atoms with Gasteiger partial charge in [0.2, 0.25) is 5.95 Å². The average Bonchev–Trinajstić information content (AvgIpc) is 2.94. The Morgan fingerprint density at radius 3 is 2.26 bits per heavy atom. The number of aryl methyl sites for hydroxylation is 1. The van der Waals surface area contributed by atoms with Crippen molar-refractivity contribution in [2.24, 2.45) is 7.05 Å². The maximum Gasteiger partial charge on any atom is 0.259 e. The largest absolute Gasteiger partial charge is 0.369 e. The van der Waals surface area contributed by atoms with Crippen molar-refractivity contribution in [3.05, 3.63) is 75.1 Å². The first-order valence-corrected chi connectivity index (χ1v) is 13.9. The number of nitrogens with zero attached hydrogens (tertiary/aromatic N) is 5.